The van der Waals surface area contributed by atoms with Crippen LogP contribution in [0.1, 0.15) is 41.6 Å². The Kier molecular flexibility index (Phi) is 7.45. The number of methoxy groups -OCH3 is 2. The molecule has 6 nitrogen and oxygen atoms in total. The molecule has 1 fully saturated rings. The zero-order valence-corrected chi connectivity index (χ0v) is 19.2. The maximum Gasteiger partial charge on any atom is 0.254 e. The second-order valence-corrected chi connectivity index (χ2v) is 8.19. The Morgan fingerprint density at radius 1 is 1.00 bits per heavy atom. The first-order valence-electron chi connectivity index (χ1n) is 11.4. The van der Waals surface area contributed by atoms with Crippen molar-refractivity contribution in [2.24, 2.45) is 0 Å². The number of piperidine rings is 1. The van der Waals surface area contributed by atoms with Gasteiger partial charge in [-0.05, 0) is 86.2 Å². The van der Waals surface area contributed by atoms with E-state index in [-0.39, 0.29) is 11.9 Å². The van der Waals surface area contributed by atoms with E-state index >= 15 is 0 Å². The van der Waals surface area contributed by atoms with Crippen LogP contribution < -0.4 is 14.2 Å². The molecule has 4 rings (SSSR count). The van der Waals surface area contributed by atoms with Gasteiger partial charge in [-0.25, -0.2) is 0 Å². The third-order valence-corrected chi connectivity index (χ3v) is 6.07. The lowest BCUT2D eigenvalue weighted by molar-refractivity contribution is 0.0602. The first-order chi connectivity index (χ1) is 16.2. The van der Waals surface area contributed by atoms with E-state index in [1.165, 1.54) is 5.56 Å². The van der Waals surface area contributed by atoms with Gasteiger partial charge in [0.1, 0.15) is 11.5 Å². The van der Waals surface area contributed by atoms with E-state index in [0.29, 0.717) is 17.1 Å². The highest BCUT2D eigenvalue weighted by Crippen LogP contribution is 2.30. The number of hydrogen-bond acceptors (Lipinski definition) is 5. The Morgan fingerprint density at radius 3 is 2.55 bits per heavy atom. The molecule has 0 spiro atoms. The van der Waals surface area contributed by atoms with Gasteiger partial charge in [-0.1, -0.05) is 6.07 Å². The lowest BCUT2D eigenvalue weighted by atomic mass is 9.95. The van der Waals surface area contributed by atoms with Crippen LogP contribution in [0.25, 0.3) is 0 Å². The van der Waals surface area contributed by atoms with Crippen molar-refractivity contribution in [1.82, 2.24) is 9.88 Å². The Labute approximate surface area is 195 Å². The first-order valence-corrected chi connectivity index (χ1v) is 11.4. The highest BCUT2D eigenvalue weighted by molar-refractivity contribution is 5.94. The van der Waals surface area contributed by atoms with Crippen LogP contribution in [0.4, 0.5) is 0 Å². The SMILES string of the molecule is COc1ccc(CCC2CCCCN2C(=O)c2ccc(Oc3cccnc3)cc2)cc1OC. The second-order valence-electron chi connectivity index (χ2n) is 8.19. The summed E-state index contributed by atoms with van der Waals surface area (Å²) in [5.41, 5.74) is 1.87. The van der Waals surface area contributed by atoms with E-state index in [1.54, 1.807) is 26.6 Å². The van der Waals surface area contributed by atoms with Crippen LogP contribution in [0.3, 0.4) is 0 Å². The number of pyridine rings is 1. The second kappa shape index (κ2) is 10.9. The summed E-state index contributed by atoms with van der Waals surface area (Å²) in [5, 5.41) is 0. The topological polar surface area (TPSA) is 60.9 Å². The lowest BCUT2D eigenvalue weighted by Gasteiger charge is -2.36. The maximum absolute atomic E-state index is 13.3. The van der Waals surface area contributed by atoms with E-state index in [9.17, 15) is 4.79 Å². The molecule has 33 heavy (non-hydrogen) atoms. The summed E-state index contributed by atoms with van der Waals surface area (Å²) in [7, 11) is 3.29. The van der Waals surface area contributed by atoms with E-state index in [0.717, 1.165) is 50.1 Å². The van der Waals surface area contributed by atoms with Crippen molar-refractivity contribution in [3.05, 3.63) is 78.1 Å². The lowest BCUT2D eigenvalue weighted by Crippen LogP contribution is -2.44. The number of carbonyl (C=O) groups excluding carboxylic acids is 1. The normalized spacial score (nSPS) is 15.7. The Bertz CT molecular complexity index is 1050. The number of aryl methyl sites for hydroxylation is 1. The molecule has 1 aliphatic rings. The van der Waals surface area contributed by atoms with Crippen LogP contribution in [0.15, 0.2) is 67.0 Å². The molecule has 1 amide bonds. The number of aromatic nitrogens is 1. The van der Waals surface area contributed by atoms with Crippen molar-refractivity contribution in [1.29, 1.82) is 0 Å². The van der Waals surface area contributed by atoms with Crippen molar-refractivity contribution in [2.45, 2.75) is 38.1 Å². The minimum atomic E-state index is 0.0833. The van der Waals surface area contributed by atoms with E-state index in [2.05, 4.69) is 11.1 Å². The van der Waals surface area contributed by atoms with Gasteiger partial charge in [0.15, 0.2) is 11.5 Å². The highest BCUT2D eigenvalue weighted by atomic mass is 16.5. The molecule has 1 saturated heterocycles. The molecule has 2 heterocycles. The van der Waals surface area contributed by atoms with E-state index in [4.69, 9.17) is 14.2 Å². The molecule has 1 aromatic heterocycles. The number of rotatable bonds is 8. The number of amides is 1. The van der Waals surface area contributed by atoms with Crippen molar-refractivity contribution in [2.75, 3.05) is 20.8 Å². The standard InChI is InChI=1S/C27H30N2O4/c1-31-25-15-9-20(18-26(25)32-2)8-12-22-6-3-4-17-29(22)27(30)21-10-13-23(14-11-21)33-24-7-5-16-28-19-24/h5,7,9-11,13-16,18-19,22H,3-4,6,8,12,17H2,1-2H3. The fourth-order valence-electron chi connectivity index (χ4n) is 4.31. The summed E-state index contributed by atoms with van der Waals surface area (Å²) >= 11 is 0. The van der Waals surface area contributed by atoms with Crippen LogP contribution >= 0.6 is 0 Å². The third-order valence-electron chi connectivity index (χ3n) is 6.07. The van der Waals surface area contributed by atoms with Gasteiger partial charge >= 0.3 is 0 Å². The summed E-state index contributed by atoms with van der Waals surface area (Å²) < 4.78 is 16.6. The predicted molar refractivity (Wildman–Crippen MR) is 127 cm³/mol. The van der Waals surface area contributed by atoms with Gasteiger partial charge in [0, 0.05) is 24.3 Å². The molecule has 1 unspecified atom stereocenters. The van der Waals surface area contributed by atoms with Crippen molar-refractivity contribution < 1.29 is 19.0 Å². The minimum absolute atomic E-state index is 0.0833. The molecule has 6 heteroatoms. The number of ether oxygens (including phenoxy) is 3. The fourth-order valence-corrected chi connectivity index (χ4v) is 4.31. The molecule has 1 aliphatic heterocycles. The average Bonchev–Trinajstić information content (AvgIpc) is 2.88. The molecule has 172 valence electrons. The average molecular weight is 447 g/mol. The summed E-state index contributed by atoms with van der Waals surface area (Å²) in [4.78, 5) is 19.4. The Hall–Kier alpha value is -3.54. The largest absolute Gasteiger partial charge is 0.493 e. The first kappa shape index (κ1) is 22.6. The number of nitrogens with zero attached hydrogens (tertiary/aromatic N) is 2. The minimum Gasteiger partial charge on any atom is -0.493 e. The molecule has 2 aromatic carbocycles. The molecular weight excluding hydrogens is 416 g/mol. The van der Waals surface area contributed by atoms with Crippen LogP contribution in [0, 0.1) is 0 Å². The number of carbonyl (C=O) groups is 1. The summed E-state index contributed by atoms with van der Waals surface area (Å²) in [6.45, 7) is 0.795. The Morgan fingerprint density at radius 2 is 1.82 bits per heavy atom. The molecular formula is C27H30N2O4. The van der Waals surface area contributed by atoms with E-state index < -0.39 is 0 Å². The zero-order chi connectivity index (χ0) is 23.0. The summed E-state index contributed by atoms with van der Waals surface area (Å²) in [6.07, 6.45) is 8.39. The summed E-state index contributed by atoms with van der Waals surface area (Å²) in [5.74, 6) is 2.90. The zero-order valence-electron chi connectivity index (χ0n) is 19.2. The van der Waals surface area contributed by atoms with E-state index in [1.807, 2.05) is 53.4 Å². The maximum atomic E-state index is 13.3. The van der Waals surface area contributed by atoms with Crippen LogP contribution in [0.2, 0.25) is 0 Å². The van der Waals surface area contributed by atoms with Crippen molar-refractivity contribution in [3.8, 4) is 23.0 Å². The van der Waals surface area contributed by atoms with Gasteiger partial charge < -0.3 is 19.1 Å². The van der Waals surface area contributed by atoms with Crippen LogP contribution in [0.5, 0.6) is 23.0 Å². The van der Waals surface area contributed by atoms with Gasteiger partial charge in [-0.3, -0.25) is 9.78 Å². The van der Waals surface area contributed by atoms with Gasteiger partial charge in [-0.2, -0.15) is 0 Å². The molecule has 0 bridgehead atoms. The molecule has 0 N–H and O–H groups in total. The molecule has 3 aromatic rings. The van der Waals surface area contributed by atoms with Gasteiger partial charge in [0.25, 0.3) is 5.91 Å². The number of hydrogen-bond donors (Lipinski definition) is 0. The van der Waals surface area contributed by atoms with Crippen molar-refractivity contribution in [3.63, 3.8) is 0 Å². The highest BCUT2D eigenvalue weighted by Gasteiger charge is 2.27. The quantitative estimate of drug-likeness (QED) is 0.456. The van der Waals surface area contributed by atoms with Gasteiger partial charge in [0.2, 0.25) is 0 Å². The molecule has 0 saturated carbocycles. The monoisotopic (exact) mass is 446 g/mol. The Balaban J connectivity index is 1.40. The smallest absolute Gasteiger partial charge is 0.254 e. The van der Waals surface area contributed by atoms with Crippen molar-refractivity contribution >= 4 is 5.91 Å². The fraction of sp³-hybridized carbons (Fsp3) is 0.333. The molecule has 0 radical (unpaired) electrons. The van der Waals surface area contributed by atoms with Gasteiger partial charge in [-0.15, -0.1) is 0 Å². The molecule has 0 aliphatic carbocycles. The third kappa shape index (κ3) is 5.64. The van der Waals surface area contributed by atoms with Crippen LogP contribution in [-0.2, 0) is 6.42 Å². The molecule has 1 atom stereocenters. The van der Waals surface area contributed by atoms with Crippen LogP contribution in [-0.4, -0.2) is 42.6 Å². The van der Waals surface area contributed by atoms with Gasteiger partial charge in [0.05, 0.1) is 20.4 Å². The predicted octanol–water partition coefficient (Wildman–Crippen LogP) is 5.52. The number of likely N-dealkylation sites (tertiary alicyclic amines) is 1. The summed E-state index contributed by atoms with van der Waals surface area (Å²) in [6, 6.07) is 17.3. The number of benzene rings is 2.